The number of rotatable bonds is 2. The summed E-state index contributed by atoms with van der Waals surface area (Å²) in [5.74, 6) is -4.75. The van der Waals surface area contributed by atoms with Gasteiger partial charge in [0.05, 0.1) is 17.9 Å². The molecule has 6 nitrogen and oxygen atoms in total. The topological polar surface area (TPSA) is 80.8 Å². The van der Waals surface area contributed by atoms with Crippen LogP contribution in [-0.4, -0.2) is 39.9 Å². The van der Waals surface area contributed by atoms with Crippen LogP contribution in [0.15, 0.2) is 48.5 Å². The van der Waals surface area contributed by atoms with E-state index in [9.17, 15) is 23.6 Å². The molecule has 0 bridgehead atoms. The van der Waals surface area contributed by atoms with Crippen molar-refractivity contribution in [3.05, 3.63) is 71.0 Å². The molecule has 0 aromatic heterocycles. The van der Waals surface area contributed by atoms with Gasteiger partial charge < -0.3 is 4.74 Å². The highest BCUT2D eigenvalue weighted by Crippen LogP contribution is 2.57. The van der Waals surface area contributed by atoms with E-state index in [0.717, 1.165) is 19.3 Å². The van der Waals surface area contributed by atoms with E-state index in [1.165, 1.54) is 29.2 Å². The maximum Gasteiger partial charge on any atom is 0.237 e. The molecule has 4 aliphatic rings. The summed E-state index contributed by atoms with van der Waals surface area (Å²) in [4.78, 5) is 56.1. The summed E-state index contributed by atoms with van der Waals surface area (Å²) in [7, 11) is 0. The van der Waals surface area contributed by atoms with Gasteiger partial charge in [-0.05, 0) is 30.5 Å². The quantitative estimate of drug-likeness (QED) is 0.519. The van der Waals surface area contributed by atoms with Crippen molar-refractivity contribution < 1.29 is 28.3 Å². The monoisotopic (exact) mass is 447 g/mol. The molecule has 2 aliphatic carbocycles. The summed E-state index contributed by atoms with van der Waals surface area (Å²) in [6.45, 7) is 0. The van der Waals surface area contributed by atoms with Gasteiger partial charge in [0, 0.05) is 17.2 Å². The molecule has 1 saturated carbocycles. The third-order valence-electron chi connectivity index (χ3n) is 7.69. The van der Waals surface area contributed by atoms with Crippen LogP contribution in [0.3, 0.4) is 0 Å². The third kappa shape index (κ3) is 2.63. The van der Waals surface area contributed by atoms with E-state index >= 15 is 0 Å². The molecular formula is C26H22FNO5. The standard InChI is InChI=1S/C26H22FNO5/c27-15-12-10-14(11-13-15)21-19-20(25(32)28(24(19)31)16-6-2-1-3-7-16)26(33-21)22(29)17-8-4-5-9-18(17)23(26)30/h4-5,8-13,16,19-21H,1-3,6-7H2/t19-,20-,21+/m0/s1. The van der Waals surface area contributed by atoms with Gasteiger partial charge in [-0.3, -0.25) is 24.1 Å². The van der Waals surface area contributed by atoms with Gasteiger partial charge in [-0.25, -0.2) is 4.39 Å². The largest absolute Gasteiger partial charge is 0.349 e. The Bertz CT molecular complexity index is 1160. The maximum atomic E-state index is 13.8. The van der Waals surface area contributed by atoms with E-state index in [4.69, 9.17) is 4.74 Å². The Morgan fingerprint density at radius 2 is 1.42 bits per heavy atom. The van der Waals surface area contributed by atoms with Crippen molar-refractivity contribution in [2.24, 2.45) is 11.8 Å². The summed E-state index contributed by atoms with van der Waals surface area (Å²) in [5.41, 5.74) is -1.19. The lowest BCUT2D eigenvalue weighted by Gasteiger charge is -2.33. The molecule has 2 aromatic rings. The van der Waals surface area contributed by atoms with Gasteiger partial charge in [-0.2, -0.15) is 0 Å². The number of likely N-dealkylation sites (tertiary alicyclic amines) is 1. The van der Waals surface area contributed by atoms with Crippen LogP contribution >= 0.6 is 0 Å². The molecule has 0 radical (unpaired) electrons. The van der Waals surface area contributed by atoms with E-state index in [1.54, 1.807) is 24.3 Å². The van der Waals surface area contributed by atoms with Gasteiger partial charge in [-0.1, -0.05) is 55.7 Å². The number of Topliss-reactive ketones (excluding diaryl/α,β-unsaturated/α-hetero) is 2. The Balaban J connectivity index is 1.50. The molecule has 3 atom stereocenters. The average Bonchev–Trinajstić information content (AvgIpc) is 3.40. The molecule has 6 rings (SSSR count). The minimum absolute atomic E-state index is 0.206. The van der Waals surface area contributed by atoms with Crippen molar-refractivity contribution in [2.45, 2.75) is 49.9 Å². The number of halogens is 1. The Morgan fingerprint density at radius 3 is 2.03 bits per heavy atom. The van der Waals surface area contributed by atoms with Crippen molar-refractivity contribution in [2.75, 3.05) is 0 Å². The van der Waals surface area contributed by atoms with Gasteiger partial charge in [0.15, 0.2) is 0 Å². The Kier molecular flexibility index (Phi) is 4.43. The number of fused-ring (bicyclic) bond motifs is 3. The molecule has 2 heterocycles. The second-order valence-corrected chi connectivity index (χ2v) is 9.37. The van der Waals surface area contributed by atoms with Crippen LogP contribution < -0.4 is 0 Å². The number of nitrogens with zero attached hydrogens (tertiary/aromatic N) is 1. The van der Waals surface area contributed by atoms with Crippen LogP contribution in [-0.2, 0) is 14.3 Å². The Morgan fingerprint density at radius 1 is 0.818 bits per heavy atom. The smallest absolute Gasteiger partial charge is 0.237 e. The third-order valence-corrected chi connectivity index (χ3v) is 7.69. The summed E-state index contributed by atoms with van der Waals surface area (Å²) in [5, 5.41) is 0. The highest BCUT2D eigenvalue weighted by atomic mass is 19.1. The molecule has 3 fully saturated rings. The first kappa shape index (κ1) is 20.4. The normalized spacial score (nSPS) is 28.6. The summed E-state index contributed by atoms with van der Waals surface area (Å²) in [6.07, 6.45) is 3.33. The van der Waals surface area contributed by atoms with E-state index in [1.807, 2.05) is 0 Å². The van der Waals surface area contributed by atoms with Crippen molar-refractivity contribution in [1.82, 2.24) is 4.90 Å². The van der Waals surface area contributed by atoms with Crippen molar-refractivity contribution in [1.29, 1.82) is 0 Å². The van der Waals surface area contributed by atoms with Gasteiger partial charge >= 0.3 is 0 Å². The predicted octanol–water partition coefficient (Wildman–Crippen LogP) is 3.65. The van der Waals surface area contributed by atoms with Crippen LogP contribution in [0.4, 0.5) is 4.39 Å². The first-order valence-corrected chi connectivity index (χ1v) is 11.4. The minimum Gasteiger partial charge on any atom is -0.349 e. The van der Waals surface area contributed by atoms with Crippen LogP contribution in [0.1, 0.15) is 64.5 Å². The molecule has 0 N–H and O–H groups in total. The zero-order valence-corrected chi connectivity index (χ0v) is 17.8. The number of imide groups is 1. The van der Waals surface area contributed by atoms with Crippen molar-refractivity contribution in [3.63, 3.8) is 0 Å². The number of benzene rings is 2. The number of ether oxygens (including phenoxy) is 1. The van der Waals surface area contributed by atoms with Gasteiger partial charge in [0.2, 0.25) is 29.0 Å². The molecule has 2 saturated heterocycles. The number of carbonyl (C=O) groups is 4. The van der Waals surface area contributed by atoms with Gasteiger partial charge in [-0.15, -0.1) is 0 Å². The lowest BCUT2D eigenvalue weighted by molar-refractivity contribution is -0.148. The van der Waals surface area contributed by atoms with Crippen molar-refractivity contribution >= 4 is 23.4 Å². The fourth-order valence-corrected chi connectivity index (χ4v) is 6.19. The van der Waals surface area contributed by atoms with E-state index < -0.39 is 52.7 Å². The first-order valence-electron chi connectivity index (χ1n) is 11.4. The zero-order valence-electron chi connectivity index (χ0n) is 17.8. The summed E-state index contributed by atoms with van der Waals surface area (Å²) >= 11 is 0. The number of amides is 2. The molecule has 168 valence electrons. The molecule has 1 spiro atoms. The van der Waals surface area contributed by atoms with Crippen LogP contribution in [0.5, 0.6) is 0 Å². The zero-order chi connectivity index (χ0) is 22.9. The van der Waals surface area contributed by atoms with Crippen molar-refractivity contribution in [3.8, 4) is 0 Å². The molecule has 0 unspecified atom stereocenters. The summed E-state index contributed by atoms with van der Waals surface area (Å²) in [6, 6.07) is 11.6. The first-order chi connectivity index (χ1) is 15.9. The fourth-order valence-electron chi connectivity index (χ4n) is 6.19. The number of carbonyl (C=O) groups excluding carboxylic acids is 4. The van der Waals surface area contributed by atoms with Crippen LogP contribution in [0.25, 0.3) is 0 Å². The van der Waals surface area contributed by atoms with Crippen LogP contribution in [0, 0.1) is 17.7 Å². The Hall–Kier alpha value is -3.19. The molecule has 2 aromatic carbocycles. The maximum absolute atomic E-state index is 13.8. The number of hydrogen-bond donors (Lipinski definition) is 0. The minimum atomic E-state index is -2.07. The number of hydrogen-bond acceptors (Lipinski definition) is 5. The molecule has 2 aliphatic heterocycles. The second kappa shape index (κ2) is 7.15. The molecule has 2 amide bonds. The van der Waals surface area contributed by atoms with E-state index in [2.05, 4.69) is 0 Å². The van der Waals surface area contributed by atoms with Gasteiger partial charge in [0.1, 0.15) is 5.82 Å². The highest BCUT2D eigenvalue weighted by Gasteiger charge is 2.75. The molecular weight excluding hydrogens is 425 g/mol. The predicted molar refractivity (Wildman–Crippen MR) is 114 cm³/mol. The fraction of sp³-hybridized carbons (Fsp3) is 0.385. The summed E-state index contributed by atoms with van der Waals surface area (Å²) < 4.78 is 19.8. The lowest BCUT2D eigenvalue weighted by Crippen LogP contribution is -2.52. The van der Waals surface area contributed by atoms with Crippen LogP contribution in [0.2, 0.25) is 0 Å². The molecule has 33 heavy (non-hydrogen) atoms. The number of ketones is 2. The van der Waals surface area contributed by atoms with Gasteiger partial charge in [0.25, 0.3) is 0 Å². The van der Waals surface area contributed by atoms with E-state index in [0.29, 0.717) is 18.4 Å². The average molecular weight is 447 g/mol. The van der Waals surface area contributed by atoms with E-state index in [-0.39, 0.29) is 17.2 Å². The second-order valence-electron chi connectivity index (χ2n) is 9.37. The Labute approximate surface area is 189 Å². The SMILES string of the molecule is O=C1[C@@H]2[C@@H](c3ccc(F)cc3)OC3(C(=O)c4ccccc4C3=O)[C@@H]2C(=O)N1C1CCCCC1. The highest BCUT2D eigenvalue weighted by molar-refractivity contribution is 6.35. The molecule has 7 heteroatoms. The lowest BCUT2D eigenvalue weighted by atomic mass is 9.77.